The Morgan fingerprint density at radius 2 is 1.80 bits per heavy atom. The van der Waals surface area contributed by atoms with Crippen molar-refractivity contribution in [3.05, 3.63) is 62.2 Å². The molecule has 132 valence electrons. The Balaban J connectivity index is 1.81. The molecule has 0 saturated heterocycles. The molecule has 5 nitrogen and oxygen atoms in total. The average Bonchev–Trinajstić information content (AvgIpc) is 2.61. The summed E-state index contributed by atoms with van der Waals surface area (Å²) in [7, 11) is 1.50. The van der Waals surface area contributed by atoms with Gasteiger partial charge in [-0.15, -0.1) is 0 Å². The molecule has 0 aliphatic rings. The molecule has 2 rings (SSSR count). The maximum Gasteiger partial charge on any atom is 0.255 e. The average molecular weight is 473 g/mol. The highest BCUT2D eigenvalue weighted by Crippen LogP contribution is 2.28. The predicted molar refractivity (Wildman–Crippen MR) is 106 cm³/mol. The van der Waals surface area contributed by atoms with Crippen LogP contribution in [0.4, 0.5) is 0 Å². The lowest BCUT2D eigenvalue weighted by molar-refractivity contribution is -0.120. The fourth-order valence-electron chi connectivity index (χ4n) is 2.19. The number of halogens is 2. The van der Waals surface area contributed by atoms with E-state index < -0.39 is 0 Å². The summed E-state index contributed by atoms with van der Waals surface area (Å²) in [5, 5.41) is 6.01. The molecule has 0 heterocycles. The molecule has 0 unspecified atom stereocenters. The molecule has 2 N–H and O–H groups in total. The minimum atomic E-state index is -0.299. The summed E-state index contributed by atoms with van der Waals surface area (Å²) < 4.78 is 6.03. The first-order valence-electron chi connectivity index (χ1n) is 7.63. The minimum absolute atomic E-state index is 0.0876. The van der Waals surface area contributed by atoms with Crippen molar-refractivity contribution in [1.82, 2.24) is 10.6 Å². The van der Waals surface area contributed by atoms with Crippen molar-refractivity contribution in [2.75, 3.05) is 20.2 Å². The molecule has 2 amide bonds. The van der Waals surface area contributed by atoms with Crippen molar-refractivity contribution in [3.8, 4) is 5.75 Å². The van der Waals surface area contributed by atoms with E-state index in [2.05, 4.69) is 33.2 Å². The lowest BCUT2D eigenvalue weighted by Gasteiger charge is -2.11. The molecule has 2 aromatic carbocycles. The number of amides is 2. The van der Waals surface area contributed by atoms with Gasteiger partial charge in [0.25, 0.3) is 5.91 Å². The van der Waals surface area contributed by atoms with Gasteiger partial charge in [0, 0.05) is 16.7 Å². The van der Waals surface area contributed by atoms with Crippen molar-refractivity contribution in [2.45, 2.75) is 6.42 Å². The van der Waals surface area contributed by atoms with Gasteiger partial charge in [-0.1, -0.05) is 41.9 Å². The number of hydrogen-bond donors (Lipinski definition) is 2. The second-order valence-corrected chi connectivity index (χ2v) is 6.80. The second-order valence-electron chi connectivity index (χ2n) is 5.23. The lowest BCUT2D eigenvalue weighted by Crippen LogP contribution is -2.35. The van der Waals surface area contributed by atoms with Crippen LogP contribution in [-0.4, -0.2) is 32.0 Å². The van der Waals surface area contributed by atoms with Gasteiger partial charge in [0.15, 0.2) is 0 Å². The third kappa shape index (κ3) is 5.89. The van der Waals surface area contributed by atoms with Gasteiger partial charge < -0.3 is 15.4 Å². The number of benzene rings is 2. The van der Waals surface area contributed by atoms with Crippen molar-refractivity contribution in [3.63, 3.8) is 0 Å². The number of carbonyl (C=O) groups excluding carboxylic acids is 2. The van der Waals surface area contributed by atoms with Crippen LogP contribution in [0.5, 0.6) is 5.75 Å². The third-order valence-electron chi connectivity index (χ3n) is 3.43. The Morgan fingerprint density at radius 3 is 2.48 bits per heavy atom. The standard InChI is InChI=1S/C18H18ClIN2O3/c1-25-16-11-15(20)14(19)10-13(16)18(24)22-8-7-21-17(23)9-12-5-3-2-4-6-12/h2-6,10-11H,7-9H2,1H3,(H,21,23)(H,22,24). The summed E-state index contributed by atoms with van der Waals surface area (Å²) in [4.78, 5) is 24.1. The molecule has 25 heavy (non-hydrogen) atoms. The summed E-state index contributed by atoms with van der Waals surface area (Å²) in [6.45, 7) is 0.657. The van der Waals surface area contributed by atoms with Gasteiger partial charge in [0.1, 0.15) is 5.75 Å². The largest absolute Gasteiger partial charge is 0.496 e. The van der Waals surface area contributed by atoms with Crippen LogP contribution in [0.1, 0.15) is 15.9 Å². The van der Waals surface area contributed by atoms with Crippen LogP contribution in [0, 0.1) is 3.57 Å². The molecular formula is C18H18ClIN2O3. The molecule has 0 spiro atoms. The monoisotopic (exact) mass is 472 g/mol. The number of methoxy groups -OCH3 is 1. The van der Waals surface area contributed by atoms with Gasteiger partial charge >= 0.3 is 0 Å². The molecule has 0 aliphatic carbocycles. The summed E-state index contributed by atoms with van der Waals surface area (Å²) in [5.74, 6) is 0.0715. The molecule has 0 aromatic heterocycles. The first kappa shape index (κ1) is 19.5. The number of rotatable bonds is 7. The van der Waals surface area contributed by atoms with Crippen LogP contribution in [0.3, 0.4) is 0 Å². The van der Waals surface area contributed by atoms with Crippen molar-refractivity contribution < 1.29 is 14.3 Å². The van der Waals surface area contributed by atoms with Crippen LogP contribution >= 0.6 is 34.2 Å². The van der Waals surface area contributed by atoms with E-state index >= 15 is 0 Å². The maximum atomic E-state index is 12.3. The van der Waals surface area contributed by atoms with E-state index in [0.717, 1.165) is 9.13 Å². The summed E-state index contributed by atoms with van der Waals surface area (Å²) in [5.41, 5.74) is 1.31. The SMILES string of the molecule is COc1cc(I)c(Cl)cc1C(=O)NCCNC(=O)Cc1ccccc1. The zero-order valence-corrected chi connectivity index (χ0v) is 16.6. The molecule has 0 atom stereocenters. The Kier molecular flexibility index (Phi) is 7.52. The van der Waals surface area contributed by atoms with Crippen LogP contribution in [0.2, 0.25) is 5.02 Å². The maximum absolute atomic E-state index is 12.3. The topological polar surface area (TPSA) is 67.4 Å². The van der Waals surface area contributed by atoms with E-state index in [1.807, 2.05) is 30.3 Å². The fraction of sp³-hybridized carbons (Fsp3) is 0.222. The Morgan fingerprint density at radius 1 is 1.12 bits per heavy atom. The highest BCUT2D eigenvalue weighted by Gasteiger charge is 2.14. The van der Waals surface area contributed by atoms with E-state index in [4.69, 9.17) is 16.3 Å². The third-order valence-corrected chi connectivity index (χ3v) is 4.95. The second kappa shape index (κ2) is 9.62. The number of nitrogens with one attached hydrogen (secondary N) is 2. The molecular weight excluding hydrogens is 455 g/mol. The fourth-order valence-corrected chi connectivity index (χ4v) is 2.79. The molecule has 0 aliphatic heterocycles. The lowest BCUT2D eigenvalue weighted by atomic mass is 10.1. The smallest absolute Gasteiger partial charge is 0.255 e. The molecule has 0 radical (unpaired) electrons. The molecule has 0 fully saturated rings. The highest BCUT2D eigenvalue weighted by atomic mass is 127. The van der Waals surface area contributed by atoms with Crippen LogP contribution in [0.25, 0.3) is 0 Å². The van der Waals surface area contributed by atoms with Gasteiger partial charge in [-0.05, 0) is 40.3 Å². The number of carbonyl (C=O) groups is 2. The van der Waals surface area contributed by atoms with Gasteiger partial charge in [-0.25, -0.2) is 0 Å². The quantitative estimate of drug-likeness (QED) is 0.481. The molecule has 7 heteroatoms. The van der Waals surface area contributed by atoms with Crippen molar-refractivity contribution >= 4 is 46.0 Å². The van der Waals surface area contributed by atoms with E-state index in [1.54, 1.807) is 12.1 Å². The number of hydrogen-bond acceptors (Lipinski definition) is 3. The van der Waals surface area contributed by atoms with Crippen LogP contribution in [0.15, 0.2) is 42.5 Å². The van der Waals surface area contributed by atoms with Gasteiger partial charge in [0.05, 0.1) is 24.1 Å². The molecule has 0 saturated carbocycles. The van der Waals surface area contributed by atoms with Crippen LogP contribution in [-0.2, 0) is 11.2 Å². The zero-order valence-electron chi connectivity index (χ0n) is 13.6. The first-order valence-corrected chi connectivity index (χ1v) is 9.08. The van der Waals surface area contributed by atoms with Crippen molar-refractivity contribution in [1.29, 1.82) is 0 Å². The summed E-state index contributed by atoms with van der Waals surface area (Å²) >= 11 is 8.14. The van der Waals surface area contributed by atoms with Gasteiger partial charge in [0.2, 0.25) is 5.91 Å². The zero-order chi connectivity index (χ0) is 18.2. The highest BCUT2D eigenvalue weighted by molar-refractivity contribution is 14.1. The Bertz CT molecular complexity index is 753. The van der Waals surface area contributed by atoms with Crippen molar-refractivity contribution in [2.24, 2.45) is 0 Å². The minimum Gasteiger partial charge on any atom is -0.496 e. The molecule has 0 bridgehead atoms. The van der Waals surface area contributed by atoms with E-state index in [0.29, 0.717) is 35.8 Å². The normalized spacial score (nSPS) is 10.2. The molecule has 2 aromatic rings. The van der Waals surface area contributed by atoms with E-state index in [1.165, 1.54) is 7.11 Å². The van der Waals surface area contributed by atoms with E-state index in [-0.39, 0.29) is 11.8 Å². The predicted octanol–water partition coefficient (Wildman–Crippen LogP) is 3.04. The van der Waals surface area contributed by atoms with Crippen LogP contribution < -0.4 is 15.4 Å². The number of ether oxygens (including phenoxy) is 1. The first-order chi connectivity index (χ1) is 12.0. The summed E-state index contributed by atoms with van der Waals surface area (Å²) in [6.07, 6.45) is 0.315. The summed E-state index contributed by atoms with van der Waals surface area (Å²) in [6, 6.07) is 12.8. The van der Waals surface area contributed by atoms with Gasteiger partial charge in [-0.2, -0.15) is 0 Å². The Hall–Kier alpha value is -1.80. The Labute approximate surface area is 165 Å². The van der Waals surface area contributed by atoms with E-state index in [9.17, 15) is 9.59 Å². The van der Waals surface area contributed by atoms with Gasteiger partial charge in [-0.3, -0.25) is 9.59 Å².